The van der Waals surface area contributed by atoms with E-state index in [0.29, 0.717) is 17.3 Å². The van der Waals surface area contributed by atoms with Gasteiger partial charge in [-0.3, -0.25) is 0 Å². The molecule has 0 saturated carbocycles. The van der Waals surface area contributed by atoms with Gasteiger partial charge in [0.05, 0.1) is 11.5 Å². The van der Waals surface area contributed by atoms with E-state index in [9.17, 15) is 0 Å². The monoisotopic (exact) mass is 283 g/mol. The van der Waals surface area contributed by atoms with Crippen molar-refractivity contribution in [2.75, 3.05) is 18.5 Å². The summed E-state index contributed by atoms with van der Waals surface area (Å²) in [6.45, 7) is 3.83. The van der Waals surface area contributed by atoms with Crippen LogP contribution < -0.4 is 5.32 Å². The standard InChI is InChI=1S/C12H14ClN3OS/c1-7-8(2-4-17-7)6-14-10-9-3-5-18-11(9)16-12(13)15-10/h3,5,7-8H,2,4,6H2,1H3,(H,14,15,16). The number of fused-ring (bicyclic) bond motifs is 1. The first kappa shape index (κ1) is 12.1. The second kappa shape index (κ2) is 4.99. The van der Waals surface area contributed by atoms with Gasteiger partial charge in [-0.25, -0.2) is 9.97 Å². The fourth-order valence-electron chi connectivity index (χ4n) is 2.24. The number of rotatable bonds is 3. The molecule has 2 unspecified atom stereocenters. The van der Waals surface area contributed by atoms with E-state index in [1.807, 2.05) is 11.4 Å². The lowest BCUT2D eigenvalue weighted by Gasteiger charge is -2.15. The minimum Gasteiger partial charge on any atom is -0.378 e. The quantitative estimate of drug-likeness (QED) is 0.879. The molecule has 1 aliphatic heterocycles. The number of nitrogens with one attached hydrogen (secondary N) is 1. The van der Waals surface area contributed by atoms with Crippen LogP contribution in [0.5, 0.6) is 0 Å². The molecular formula is C12H14ClN3OS. The summed E-state index contributed by atoms with van der Waals surface area (Å²) in [4.78, 5) is 9.39. The van der Waals surface area contributed by atoms with E-state index < -0.39 is 0 Å². The zero-order valence-electron chi connectivity index (χ0n) is 10.0. The van der Waals surface area contributed by atoms with Crippen LogP contribution in [0, 0.1) is 5.92 Å². The topological polar surface area (TPSA) is 47.0 Å². The molecule has 2 aromatic heterocycles. The first-order valence-electron chi connectivity index (χ1n) is 6.00. The van der Waals surface area contributed by atoms with Gasteiger partial charge in [-0.2, -0.15) is 0 Å². The predicted octanol–water partition coefficient (Wildman–Crippen LogP) is 3.18. The molecule has 0 spiro atoms. The fourth-order valence-corrected chi connectivity index (χ4v) is 3.22. The van der Waals surface area contributed by atoms with Crippen molar-refractivity contribution in [3.05, 3.63) is 16.7 Å². The second-order valence-electron chi connectivity index (χ2n) is 4.49. The average molecular weight is 284 g/mol. The molecule has 1 fully saturated rings. The summed E-state index contributed by atoms with van der Waals surface area (Å²) < 4.78 is 5.55. The zero-order chi connectivity index (χ0) is 12.5. The summed E-state index contributed by atoms with van der Waals surface area (Å²) in [7, 11) is 0. The molecule has 3 heterocycles. The summed E-state index contributed by atoms with van der Waals surface area (Å²) >= 11 is 7.50. The molecule has 3 rings (SSSR count). The third kappa shape index (κ3) is 2.30. The van der Waals surface area contributed by atoms with Crippen molar-refractivity contribution in [2.24, 2.45) is 5.92 Å². The van der Waals surface area contributed by atoms with Crippen LogP contribution in [0.3, 0.4) is 0 Å². The van der Waals surface area contributed by atoms with Crippen molar-refractivity contribution in [3.8, 4) is 0 Å². The Morgan fingerprint density at radius 2 is 2.44 bits per heavy atom. The number of hydrogen-bond donors (Lipinski definition) is 1. The smallest absolute Gasteiger partial charge is 0.225 e. The summed E-state index contributed by atoms with van der Waals surface area (Å²) in [6, 6.07) is 2.02. The largest absolute Gasteiger partial charge is 0.378 e. The number of nitrogens with zero attached hydrogens (tertiary/aromatic N) is 2. The predicted molar refractivity (Wildman–Crippen MR) is 74.4 cm³/mol. The summed E-state index contributed by atoms with van der Waals surface area (Å²) in [5, 5.41) is 6.71. The van der Waals surface area contributed by atoms with Gasteiger partial charge in [-0.1, -0.05) is 0 Å². The van der Waals surface area contributed by atoms with Crippen LogP contribution in [0.2, 0.25) is 5.28 Å². The van der Waals surface area contributed by atoms with Crippen molar-refractivity contribution >= 4 is 39.0 Å². The molecule has 2 aromatic rings. The molecule has 2 atom stereocenters. The maximum absolute atomic E-state index is 5.92. The first-order chi connectivity index (χ1) is 8.74. The number of thiophene rings is 1. The lowest BCUT2D eigenvalue weighted by Crippen LogP contribution is -2.21. The van der Waals surface area contributed by atoms with Gasteiger partial charge in [0.1, 0.15) is 10.6 Å². The molecule has 1 saturated heterocycles. The van der Waals surface area contributed by atoms with Crippen LogP contribution in [-0.2, 0) is 4.74 Å². The highest BCUT2D eigenvalue weighted by Gasteiger charge is 2.24. The summed E-state index contributed by atoms with van der Waals surface area (Å²) in [5.74, 6) is 1.36. The van der Waals surface area contributed by atoms with E-state index in [4.69, 9.17) is 16.3 Å². The van der Waals surface area contributed by atoms with Gasteiger partial charge >= 0.3 is 0 Å². The van der Waals surface area contributed by atoms with Crippen molar-refractivity contribution in [1.82, 2.24) is 9.97 Å². The molecule has 6 heteroatoms. The minimum absolute atomic E-state index is 0.295. The molecule has 96 valence electrons. The molecular weight excluding hydrogens is 270 g/mol. The van der Waals surface area contributed by atoms with Gasteiger partial charge in [-0.15, -0.1) is 11.3 Å². The Morgan fingerprint density at radius 3 is 3.22 bits per heavy atom. The van der Waals surface area contributed by atoms with Crippen LogP contribution >= 0.6 is 22.9 Å². The van der Waals surface area contributed by atoms with Crippen LogP contribution in [0.4, 0.5) is 5.82 Å². The summed E-state index contributed by atoms with van der Waals surface area (Å²) in [6.07, 6.45) is 1.41. The molecule has 18 heavy (non-hydrogen) atoms. The summed E-state index contributed by atoms with van der Waals surface area (Å²) in [5.41, 5.74) is 0. The number of halogens is 1. The van der Waals surface area contributed by atoms with E-state index >= 15 is 0 Å². The Kier molecular flexibility index (Phi) is 3.37. The Bertz CT molecular complexity index is 559. The molecule has 0 aliphatic carbocycles. The second-order valence-corrected chi connectivity index (χ2v) is 5.72. The van der Waals surface area contributed by atoms with Crippen molar-refractivity contribution in [2.45, 2.75) is 19.4 Å². The Balaban J connectivity index is 1.79. The van der Waals surface area contributed by atoms with Gasteiger partial charge in [0.15, 0.2) is 0 Å². The van der Waals surface area contributed by atoms with Gasteiger partial charge in [-0.05, 0) is 36.4 Å². The molecule has 0 amide bonds. The molecule has 4 nitrogen and oxygen atoms in total. The number of hydrogen-bond acceptors (Lipinski definition) is 5. The maximum Gasteiger partial charge on any atom is 0.225 e. The highest BCUT2D eigenvalue weighted by Crippen LogP contribution is 2.27. The van der Waals surface area contributed by atoms with E-state index in [2.05, 4.69) is 22.2 Å². The molecule has 0 radical (unpaired) electrons. The number of anilines is 1. The van der Waals surface area contributed by atoms with Crippen molar-refractivity contribution in [3.63, 3.8) is 0 Å². The van der Waals surface area contributed by atoms with Gasteiger partial charge in [0, 0.05) is 19.1 Å². The lowest BCUT2D eigenvalue weighted by molar-refractivity contribution is 0.108. The fraction of sp³-hybridized carbons (Fsp3) is 0.500. The van der Waals surface area contributed by atoms with Gasteiger partial charge in [0.25, 0.3) is 0 Å². The zero-order valence-corrected chi connectivity index (χ0v) is 11.6. The van der Waals surface area contributed by atoms with E-state index in [0.717, 1.165) is 35.6 Å². The first-order valence-corrected chi connectivity index (χ1v) is 7.26. The number of aromatic nitrogens is 2. The maximum atomic E-state index is 5.92. The average Bonchev–Trinajstić information content (AvgIpc) is 2.94. The van der Waals surface area contributed by atoms with Crippen LogP contribution in [-0.4, -0.2) is 29.2 Å². The highest BCUT2D eigenvalue weighted by molar-refractivity contribution is 7.16. The highest BCUT2D eigenvalue weighted by atomic mass is 35.5. The SMILES string of the molecule is CC1OCCC1CNc1nc(Cl)nc2sccc12. The van der Waals surface area contributed by atoms with Crippen LogP contribution in [0.15, 0.2) is 11.4 Å². The van der Waals surface area contributed by atoms with Crippen molar-refractivity contribution in [1.29, 1.82) is 0 Å². The minimum atomic E-state index is 0.295. The van der Waals surface area contributed by atoms with E-state index in [1.54, 1.807) is 11.3 Å². The normalized spacial score (nSPS) is 23.7. The van der Waals surface area contributed by atoms with Crippen LogP contribution in [0.1, 0.15) is 13.3 Å². The number of ether oxygens (including phenoxy) is 1. The molecule has 1 N–H and O–H groups in total. The Labute approximate surface area is 114 Å². The van der Waals surface area contributed by atoms with Gasteiger partial charge in [0.2, 0.25) is 5.28 Å². The lowest BCUT2D eigenvalue weighted by atomic mass is 10.0. The van der Waals surface area contributed by atoms with Gasteiger partial charge < -0.3 is 10.1 Å². The van der Waals surface area contributed by atoms with Crippen molar-refractivity contribution < 1.29 is 4.74 Å². The molecule has 1 aliphatic rings. The Morgan fingerprint density at radius 1 is 1.56 bits per heavy atom. The van der Waals surface area contributed by atoms with Crippen LogP contribution in [0.25, 0.3) is 10.2 Å². The Hall–Kier alpha value is -0.910. The third-order valence-electron chi connectivity index (χ3n) is 3.36. The van der Waals surface area contributed by atoms with E-state index in [1.165, 1.54) is 0 Å². The molecule has 0 aromatic carbocycles. The molecule has 0 bridgehead atoms. The van der Waals surface area contributed by atoms with E-state index in [-0.39, 0.29) is 0 Å². The third-order valence-corrected chi connectivity index (χ3v) is 4.34.